The van der Waals surface area contributed by atoms with Crippen LogP contribution in [-0.4, -0.2) is 42.7 Å². The van der Waals surface area contributed by atoms with Gasteiger partial charge in [0.05, 0.1) is 6.61 Å². The van der Waals surface area contributed by atoms with Gasteiger partial charge in [0.1, 0.15) is 4.90 Å². The van der Waals surface area contributed by atoms with Crippen LogP contribution < -0.4 is 4.72 Å². The predicted molar refractivity (Wildman–Crippen MR) is 68.4 cm³/mol. The predicted octanol–water partition coefficient (Wildman–Crippen LogP) is 0.472. The Morgan fingerprint density at radius 2 is 2.29 bits per heavy atom. The van der Waals surface area contributed by atoms with Crippen molar-refractivity contribution >= 4 is 21.8 Å². The van der Waals surface area contributed by atoms with Gasteiger partial charge in [0.2, 0.25) is 10.0 Å². The van der Waals surface area contributed by atoms with Crippen LogP contribution in [0.3, 0.4) is 0 Å². The second-order valence-corrected chi connectivity index (χ2v) is 6.35. The summed E-state index contributed by atoms with van der Waals surface area (Å²) >= 11 is 1.42. The summed E-state index contributed by atoms with van der Waals surface area (Å²) in [6, 6.07) is 2.70. The minimum absolute atomic E-state index is 0.0715. The first-order valence-electron chi connectivity index (χ1n) is 5.07. The molecule has 0 saturated heterocycles. The molecule has 0 saturated carbocycles. The fraction of sp³-hybridized carbons (Fsp3) is 0.500. The van der Waals surface area contributed by atoms with E-state index in [2.05, 4.69) is 9.71 Å². The molecule has 0 spiro atoms. The summed E-state index contributed by atoms with van der Waals surface area (Å²) in [5.41, 5.74) is 0. The number of nitrogens with one attached hydrogen (secondary N) is 1. The average Bonchev–Trinajstić information content (AvgIpc) is 2.31. The molecule has 0 amide bonds. The van der Waals surface area contributed by atoms with Crippen LogP contribution in [0.4, 0.5) is 0 Å². The standard InChI is InChI=1S/C10H16N2O3S2/c1-8(10(7-13)16-2)12-17(14,15)9-4-3-5-11-6-9/h3-6,8,10,12-13H,7H2,1-2H3. The topological polar surface area (TPSA) is 79.3 Å². The maximum Gasteiger partial charge on any atom is 0.242 e. The van der Waals surface area contributed by atoms with E-state index in [1.165, 1.54) is 30.2 Å². The van der Waals surface area contributed by atoms with Crippen molar-refractivity contribution in [2.75, 3.05) is 12.9 Å². The fourth-order valence-corrected chi connectivity index (χ4v) is 3.29. The van der Waals surface area contributed by atoms with E-state index < -0.39 is 10.0 Å². The normalized spacial score (nSPS) is 15.5. The Morgan fingerprint density at radius 1 is 1.59 bits per heavy atom. The van der Waals surface area contributed by atoms with Crippen LogP contribution >= 0.6 is 11.8 Å². The highest BCUT2D eigenvalue weighted by molar-refractivity contribution is 7.99. The number of aliphatic hydroxyl groups is 1. The first-order valence-corrected chi connectivity index (χ1v) is 7.84. The van der Waals surface area contributed by atoms with Gasteiger partial charge in [-0.05, 0) is 25.3 Å². The quantitative estimate of drug-likeness (QED) is 0.789. The van der Waals surface area contributed by atoms with Crippen LogP contribution in [0, 0.1) is 0 Å². The monoisotopic (exact) mass is 276 g/mol. The summed E-state index contributed by atoms with van der Waals surface area (Å²) in [7, 11) is -3.56. The van der Waals surface area contributed by atoms with Crippen molar-refractivity contribution < 1.29 is 13.5 Å². The number of hydrogen-bond acceptors (Lipinski definition) is 5. The van der Waals surface area contributed by atoms with Crippen molar-refractivity contribution in [3.05, 3.63) is 24.5 Å². The Bertz CT molecular complexity index is 432. The minimum atomic E-state index is -3.56. The molecule has 0 aliphatic heterocycles. The molecule has 1 aromatic heterocycles. The molecular weight excluding hydrogens is 260 g/mol. The number of rotatable bonds is 6. The summed E-state index contributed by atoms with van der Waals surface area (Å²) in [5.74, 6) is 0. The maximum absolute atomic E-state index is 11.9. The molecule has 0 fully saturated rings. The van der Waals surface area contributed by atoms with Gasteiger partial charge in [-0.3, -0.25) is 4.98 Å². The lowest BCUT2D eigenvalue weighted by molar-refractivity contribution is 0.282. The lowest BCUT2D eigenvalue weighted by atomic mass is 10.3. The Hall–Kier alpha value is -0.630. The third-order valence-corrected chi connectivity index (χ3v) is 5.03. The van der Waals surface area contributed by atoms with Crippen LogP contribution in [0.5, 0.6) is 0 Å². The number of sulfonamides is 1. The number of aromatic nitrogens is 1. The van der Waals surface area contributed by atoms with Gasteiger partial charge < -0.3 is 5.11 Å². The highest BCUT2D eigenvalue weighted by Gasteiger charge is 2.22. The van der Waals surface area contributed by atoms with Crippen molar-refractivity contribution in [3.63, 3.8) is 0 Å². The first kappa shape index (κ1) is 14.4. The zero-order valence-electron chi connectivity index (χ0n) is 9.70. The van der Waals surface area contributed by atoms with E-state index in [0.717, 1.165) is 0 Å². The number of hydrogen-bond donors (Lipinski definition) is 2. The number of thioether (sulfide) groups is 1. The minimum Gasteiger partial charge on any atom is -0.395 e. The lowest BCUT2D eigenvalue weighted by Crippen LogP contribution is -2.41. The maximum atomic E-state index is 11.9. The van der Waals surface area contributed by atoms with Crippen molar-refractivity contribution in [2.24, 2.45) is 0 Å². The van der Waals surface area contributed by atoms with Crippen LogP contribution in [0.2, 0.25) is 0 Å². The molecule has 0 aromatic carbocycles. The molecule has 1 aromatic rings. The van der Waals surface area contributed by atoms with E-state index in [0.29, 0.717) is 0 Å². The Balaban J connectivity index is 2.81. The summed E-state index contributed by atoms with van der Waals surface area (Å²) in [6.45, 7) is 1.66. The number of nitrogens with zero attached hydrogens (tertiary/aromatic N) is 1. The third kappa shape index (κ3) is 3.95. The van der Waals surface area contributed by atoms with Crippen molar-refractivity contribution in [1.82, 2.24) is 9.71 Å². The fourth-order valence-electron chi connectivity index (χ4n) is 1.33. The molecule has 5 nitrogen and oxygen atoms in total. The highest BCUT2D eigenvalue weighted by atomic mass is 32.2. The molecule has 1 heterocycles. The van der Waals surface area contributed by atoms with Crippen LogP contribution in [0.15, 0.2) is 29.4 Å². The summed E-state index contributed by atoms with van der Waals surface area (Å²) in [5, 5.41) is 8.93. The molecule has 0 bridgehead atoms. The largest absolute Gasteiger partial charge is 0.395 e. The molecule has 1 rings (SSSR count). The van der Waals surface area contributed by atoms with Gasteiger partial charge >= 0.3 is 0 Å². The molecule has 2 unspecified atom stereocenters. The Kier molecular flexibility index (Phi) is 5.38. The highest BCUT2D eigenvalue weighted by Crippen LogP contribution is 2.13. The molecule has 2 N–H and O–H groups in total. The molecule has 0 aliphatic carbocycles. The molecule has 0 aliphatic rings. The van der Waals surface area contributed by atoms with E-state index in [1.807, 2.05) is 6.26 Å². The lowest BCUT2D eigenvalue weighted by Gasteiger charge is -2.21. The van der Waals surface area contributed by atoms with Crippen molar-refractivity contribution in [1.29, 1.82) is 0 Å². The van der Waals surface area contributed by atoms with E-state index in [4.69, 9.17) is 5.11 Å². The van der Waals surface area contributed by atoms with Crippen LogP contribution in [0.1, 0.15) is 6.92 Å². The van der Waals surface area contributed by atoms with Gasteiger partial charge in [0.25, 0.3) is 0 Å². The molecular formula is C10H16N2O3S2. The van der Waals surface area contributed by atoms with Gasteiger partial charge in [0, 0.05) is 23.7 Å². The Morgan fingerprint density at radius 3 is 2.76 bits per heavy atom. The number of pyridine rings is 1. The zero-order chi connectivity index (χ0) is 12.9. The van der Waals surface area contributed by atoms with Gasteiger partial charge in [-0.2, -0.15) is 11.8 Å². The SMILES string of the molecule is CSC(CO)C(C)NS(=O)(=O)c1cccnc1. The van der Waals surface area contributed by atoms with E-state index >= 15 is 0 Å². The van der Waals surface area contributed by atoms with Crippen LogP contribution in [-0.2, 0) is 10.0 Å². The Labute approximate surface area is 106 Å². The van der Waals surface area contributed by atoms with Gasteiger partial charge in [-0.15, -0.1) is 0 Å². The van der Waals surface area contributed by atoms with E-state index in [9.17, 15) is 8.42 Å². The van der Waals surface area contributed by atoms with Crippen molar-refractivity contribution in [2.45, 2.75) is 23.1 Å². The van der Waals surface area contributed by atoms with E-state index in [1.54, 1.807) is 13.0 Å². The second kappa shape index (κ2) is 6.34. The van der Waals surface area contributed by atoms with Crippen LogP contribution in [0.25, 0.3) is 0 Å². The third-order valence-electron chi connectivity index (χ3n) is 2.33. The zero-order valence-corrected chi connectivity index (χ0v) is 11.3. The second-order valence-electron chi connectivity index (χ2n) is 3.56. The molecule has 96 valence electrons. The van der Waals surface area contributed by atoms with Crippen molar-refractivity contribution in [3.8, 4) is 0 Å². The van der Waals surface area contributed by atoms with Gasteiger partial charge in [-0.1, -0.05) is 0 Å². The van der Waals surface area contributed by atoms with Gasteiger partial charge in [-0.25, -0.2) is 13.1 Å². The van der Waals surface area contributed by atoms with Gasteiger partial charge in [0.15, 0.2) is 0 Å². The molecule has 7 heteroatoms. The average molecular weight is 276 g/mol. The summed E-state index contributed by atoms with van der Waals surface area (Å²) < 4.78 is 26.4. The molecule has 0 radical (unpaired) electrons. The van der Waals surface area contributed by atoms with E-state index in [-0.39, 0.29) is 22.8 Å². The first-order chi connectivity index (χ1) is 8.01. The smallest absolute Gasteiger partial charge is 0.242 e. The molecule has 17 heavy (non-hydrogen) atoms. The molecule has 2 atom stereocenters. The summed E-state index contributed by atoms with van der Waals surface area (Å²) in [6.07, 6.45) is 4.64. The summed E-state index contributed by atoms with van der Waals surface area (Å²) in [4.78, 5) is 3.90. The number of aliphatic hydroxyl groups excluding tert-OH is 1.